The van der Waals surface area contributed by atoms with Gasteiger partial charge in [-0.15, -0.1) is 0 Å². The fraction of sp³-hybridized carbons (Fsp3) is 0.333. The van der Waals surface area contributed by atoms with Gasteiger partial charge in [0.05, 0.1) is 11.5 Å². The highest BCUT2D eigenvalue weighted by Gasteiger charge is 2.10. The Kier molecular flexibility index (Phi) is 4.15. The minimum absolute atomic E-state index is 0.00517. The lowest BCUT2D eigenvalue weighted by Gasteiger charge is -2.01. The van der Waals surface area contributed by atoms with E-state index in [-0.39, 0.29) is 18.1 Å². The first-order valence-corrected chi connectivity index (χ1v) is 6.21. The van der Waals surface area contributed by atoms with E-state index < -0.39 is 9.84 Å². The summed E-state index contributed by atoms with van der Waals surface area (Å²) < 4.78 is 23.0. The topological polar surface area (TPSA) is 82.9 Å². The first-order chi connectivity index (χ1) is 7.14. The van der Waals surface area contributed by atoms with Crippen LogP contribution in [0.15, 0.2) is 35.4 Å². The minimum atomic E-state index is -3.17. The average molecular weight is 225 g/mol. The molecule has 0 aliphatic carbocycles. The highest BCUT2D eigenvalue weighted by molar-refractivity contribution is 7.90. The van der Waals surface area contributed by atoms with Crippen molar-refractivity contribution in [2.45, 2.75) is 5.75 Å². The third kappa shape index (κ3) is 4.49. The summed E-state index contributed by atoms with van der Waals surface area (Å²) >= 11 is 0. The molecule has 0 bridgehead atoms. The molecule has 1 rings (SSSR count). The molecule has 0 spiro atoms. The zero-order chi connectivity index (χ0) is 11.1. The van der Waals surface area contributed by atoms with Crippen molar-refractivity contribution in [1.29, 1.82) is 0 Å². The second-order valence-electron chi connectivity index (χ2n) is 3.03. The van der Waals surface area contributed by atoms with Crippen LogP contribution in [0.3, 0.4) is 0 Å². The normalized spacial score (nSPS) is 10.7. The molecule has 0 N–H and O–H groups in total. The van der Waals surface area contributed by atoms with Crippen molar-refractivity contribution in [3.63, 3.8) is 0 Å². The molecule has 0 heterocycles. The van der Waals surface area contributed by atoms with Crippen LogP contribution in [0.4, 0.5) is 0 Å². The van der Waals surface area contributed by atoms with Crippen molar-refractivity contribution in [3.8, 4) is 0 Å². The highest BCUT2D eigenvalue weighted by Crippen LogP contribution is 2.05. The van der Waals surface area contributed by atoms with Gasteiger partial charge < -0.3 is 0 Å². The number of hydrogen-bond donors (Lipinski definition) is 0. The lowest BCUT2D eigenvalue weighted by molar-refractivity contribution is 0.595. The molecule has 0 unspecified atom stereocenters. The van der Waals surface area contributed by atoms with Crippen molar-refractivity contribution >= 4 is 9.84 Å². The second-order valence-corrected chi connectivity index (χ2v) is 5.22. The number of nitrogens with zero attached hydrogens (tertiary/aromatic N) is 3. The van der Waals surface area contributed by atoms with Crippen LogP contribution in [0.5, 0.6) is 0 Å². The number of hydrogen-bond acceptors (Lipinski definition) is 3. The van der Waals surface area contributed by atoms with Gasteiger partial charge >= 0.3 is 0 Å². The van der Waals surface area contributed by atoms with Crippen LogP contribution >= 0.6 is 0 Å². The summed E-state index contributed by atoms with van der Waals surface area (Å²) in [7, 11) is -3.17. The Bertz CT molecular complexity index is 450. The molecular formula is C9H11N3O2S. The average Bonchev–Trinajstić information content (AvgIpc) is 2.18. The van der Waals surface area contributed by atoms with Crippen molar-refractivity contribution in [3.05, 3.63) is 46.3 Å². The molecule has 6 heteroatoms. The Labute approximate surface area is 88.3 Å². The zero-order valence-corrected chi connectivity index (χ0v) is 8.89. The van der Waals surface area contributed by atoms with E-state index >= 15 is 0 Å². The summed E-state index contributed by atoms with van der Waals surface area (Å²) in [5.41, 5.74) is 8.76. The van der Waals surface area contributed by atoms with Crippen molar-refractivity contribution in [2.24, 2.45) is 5.11 Å². The van der Waals surface area contributed by atoms with Crippen molar-refractivity contribution in [2.75, 3.05) is 12.3 Å². The fourth-order valence-corrected chi connectivity index (χ4v) is 2.33. The third-order valence-corrected chi connectivity index (χ3v) is 3.37. The maximum atomic E-state index is 11.5. The molecule has 0 saturated heterocycles. The van der Waals surface area contributed by atoms with Gasteiger partial charge in [0.1, 0.15) is 0 Å². The van der Waals surface area contributed by atoms with Gasteiger partial charge in [-0.2, -0.15) is 0 Å². The van der Waals surface area contributed by atoms with Crippen LogP contribution in [-0.4, -0.2) is 20.7 Å². The van der Waals surface area contributed by atoms with E-state index in [1.54, 1.807) is 24.3 Å². The Hall–Kier alpha value is -1.52. The molecule has 5 nitrogen and oxygen atoms in total. The molecule has 1 aromatic rings. The summed E-state index contributed by atoms with van der Waals surface area (Å²) in [5, 5.41) is 3.20. The summed E-state index contributed by atoms with van der Waals surface area (Å²) in [5.74, 6) is -0.110. The molecule has 0 saturated carbocycles. The monoisotopic (exact) mass is 225 g/mol. The Balaban J connectivity index is 2.61. The zero-order valence-electron chi connectivity index (χ0n) is 8.07. The van der Waals surface area contributed by atoms with E-state index in [4.69, 9.17) is 5.53 Å². The molecule has 0 aliphatic heterocycles. The lowest BCUT2D eigenvalue weighted by atomic mass is 10.2. The molecule has 80 valence electrons. The molecule has 1 aromatic carbocycles. The van der Waals surface area contributed by atoms with Crippen LogP contribution in [-0.2, 0) is 15.6 Å². The van der Waals surface area contributed by atoms with E-state index in [2.05, 4.69) is 10.0 Å². The molecule has 0 fully saturated rings. The van der Waals surface area contributed by atoms with Gasteiger partial charge in [-0.05, 0) is 11.1 Å². The van der Waals surface area contributed by atoms with Gasteiger partial charge in [0.2, 0.25) is 0 Å². The van der Waals surface area contributed by atoms with Gasteiger partial charge in [0.25, 0.3) is 0 Å². The van der Waals surface area contributed by atoms with Gasteiger partial charge in [-0.3, -0.25) is 0 Å². The second kappa shape index (κ2) is 5.38. The maximum Gasteiger partial charge on any atom is 0.154 e. The molecule has 0 atom stereocenters. The SMILES string of the molecule is [N-]=[N+]=NCCS(=O)(=O)Cc1ccccc1. The van der Waals surface area contributed by atoms with Gasteiger partial charge in [-0.1, -0.05) is 35.4 Å². The van der Waals surface area contributed by atoms with Crippen LogP contribution < -0.4 is 0 Å². The Morgan fingerprint density at radius 1 is 1.27 bits per heavy atom. The predicted octanol–water partition coefficient (Wildman–Crippen LogP) is 1.91. The van der Waals surface area contributed by atoms with E-state index in [0.29, 0.717) is 0 Å². The summed E-state index contributed by atoms with van der Waals surface area (Å²) in [6.07, 6.45) is 0. The highest BCUT2D eigenvalue weighted by atomic mass is 32.2. The van der Waals surface area contributed by atoms with Crippen molar-refractivity contribution < 1.29 is 8.42 Å². The predicted molar refractivity (Wildman–Crippen MR) is 57.9 cm³/mol. The molecule has 0 aliphatic rings. The van der Waals surface area contributed by atoms with Gasteiger partial charge in [0.15, 0.2) is 9.84 Å². The Morgan fingerprint density at radius 2 is 1.93 bits per heavy atom. The van der Waals surface area contributed by atoms with E-state index in [9.17, 15) is 8.42 Å². The summed E-state index contributed by atoms with van der Waals surface area (Å²) in [6.45, 7) is -0.00827. The third-order valence-electron chi connectivity index (χ3n) is 1.79. The van der Waals surface area contributed by atoms with Crippen LogP contribution in [0.2, 0.25) is 0 Å². The number of benzene rings is 1. The van der Waals surface area contributed by atoms with E-state index in [1.807, 2.05) is 6.07 Å². The van der Waals surface area contributed by atoms with E-state index in [0.717, 1.165) is 5.56 Å². The number of azide groups is 1. The lowest BCUT2D eigenvalue weighted by Crippen LogP contribution is -2.11. The Morgan fingerprint density at radius 3 is 2.53 bits per heavy atom. The first kappa shape index (κ1) is 11.6. The molecule has 0 amide bonds. The summed E-state index contributed by atoms with van der Waals surface area (Å²) in [6, 6.07) is 8.92. The molecule has 15 heavy (non-hydrogen) atoms. The van der Waals surface area contributed by atoms with Gasteiger partial charge in [0, 0.05) is 11.5 Å². The smallest absolute Gasteiger partial charge is 0.154 e. The molecule has 0 radical (unpaired) electrons. The maximum absolute atomic E-state index is 11.5. The largest absolute Gasteiger partial charge is 0.228 e. The standard InChI is InChI=1S/C9H11N3O2S/c10-12-11-6-7-15(13,14)8-9-4-2-1-3-5-9/h1-5H,6-8H2. The fourth-order valence-electron chi connectivity index (χ4n) is 1.12. The first-order valence-electron chi connectivity index (χ1n) is 4.39. The molecular weight excluding hydrogens is 214 g/mol. The van der Waals surface area contributed by atoms with Crippen LogP contribution in [0, 0.1) is 0 Å². The quantitative estimate of drug-likeness (QED) is 0.435. The van der Waals surface area contributed by atoms with Crippen molar-refractivity contribution in [1.82, 2.24) is 0 Å². The number of rotatable bonds is 5. The van der Waals surface area contributed by atoms with E-state index in [1.165, 1.54) is 0 Å². The summed E-state index contributed by atoms with van der Waals surface area (Å²) in [4.78, 5) is 2.51. The molecule has 0 aromatic heterocycles. The number of sulfone groups is 1. The van der Waals surface area contributed by atoms with Crippen LogP contribution in [0.1, 0.15) is 5.56 Å². The minimum Gasteiger partial charge on any atom is -0.228 e. The van der Waals surface area contributed by atoms with Gasteiger partial charge in [-0.25, -0.2) is 8.42 Å². The van der Waals surface area contributed by atoms with Crippen LogP contribution in [0.25, 0.3) is 10.4 Å².